The van der Waals surface area contributed by atoms with Crippen molar-refractivity contribution in [2.45, 2.75) is 25.8 Å². The van der Waals surface area contributed by atoms with Crippen molar-refractivity contribution >= 4 is 5.97 Å². The van der Waals surface area contributed by atoms with Crippen LogP contribution in [0.1, 0.15) is 19.8 Å². The lowest BCUT2D eigenvalue weighted by Crippen LogP contribution is -2.44. The molecule has 0 saturated carbocycles. The van der Waals surface area contributed by atoms with Crippen LogP contribution in [0.15, 0.2) is 12.2 Å². The predicted molar refractivity (Wildman–Crippen MR) is 59.4 cm³/mol. The molecule has 0 fully saturated rings. The quantitative estimate of drug-likeness (QED) is 0.533. The molecule has 0 saturated heterocycles. The van der Waals surface area contributed by atoms with Gasteiger partial charge < -0.3 is 10.5 Å². The van der Waals surface area contributed by atoms with Gasteiger partial charge in [-0.2, -0.15) is 0 Å². The first-order valence-corrected chi connectivity index (χ1v) is 5.54. The molecule has 0 amide bonds. The van der Waals surface area contributed by atoms with Crippen molar-refractivity contribution in [2.24, 2.45) is 5.73 Å². The molecule has 4 heteroatoms. The number of hydrogen-bond donors (Lipinski definition) is 1. The molecule has 1 unspecified atom stereocenters. The van der Waals surface area contributed by atoms with Crippen LogP contribution in [0.25, 0.3) is 0 Å². The van der Waals surface area contributed by atoms with Gasteiger partial charge in [-0.25, -0.2) is 0 Å². The van der Waals surface area contributed by atoms with Crippen LogP contribution >= 0.6 is 0 Å². The van der Waals surface area contributed by atoms with Crippen molar-refractivity contribution < 1.29 is 9.53 Å². The fraction of sp³-hybridized carbons (Fsp3) is 0.727. The van der Waals surface area contributed by atoms with E-state index in [1.165, 1.54) is 0 Å². The average molecular weight is 212 g/mol. The van der Waals surface area contributed by atoms with E-state index < -0.39 is 0 Å². The summed E-state index contributed by atoms with van der Waals surface area (Å²) in [6, 6.07) is 0.188. The molecule has 15 heavy (non-hydrogen) atoms. The van der Waals surface area contributed by atoms with Gasteiger partial charge in [0.15, 0.2) is 0 Å². The van der Waals surface area contributed by atoms with Crippen molar-refractivity contribution in [1.82, 2.24) is 4.90 Å². The Kier molecular flexibility index (Phi) is 5.36. The van der Waals surface area contributed by atoms with E-state index in [0.29, 0.717) is 19.7 Å². The van der Waals surface area contributed by atoms with Crippen LogP contribution in [0.4, 0.5) is 0 Å². The van der Waals surface area contributed by atoms with Crippen molar-refractivity contribution in [2.75, 3.05) is 26.2 Å². The van der Waals surface area contributed by atoms with Crippen LogP contribution in [0, 0.1) is 0 Å². The zero-order chi connectivity index (χ0) is 11.1. The van der Waals surface area contributed by atoms with E-state index >= 15 is 0 Å². The number of nitrogens with two attached hydrogens (primary N) is 1. The molecular weight excluding hydrogens is 192 g/mol. The van der Waals surface area contributed by atoms with Crippen LogP contribution in [0.2, 0.25) is 0 Å². The van der Waals surface area contributed by atoms with Crippen LogP contribution in [-0.4, -0.2) is 43.2 Å². The van der Waals surface area contributed by atoms with Gasteiger partial charge in [0.1, 0.15) is 0 Å². The number of hydrogen-bond acceptors (Lipinski definition) is 4. The molecule has 1 aliphatic rings. The van der Waals surface area contributed by atoms with Crippen LogP contribution in [0.3, 0.4) is 0 Å². The highest BCUT2D eigenvalue weighted by atomic mass is 16.5. The van der Waals surface area contributed by atoms with Gasteiger partial charge in [0, 0.05) is 19.1 Å². The van der Waals surface area contributed by atoms with Gasteiger partial charge in [-0.3, -0.25) is 9.69 Å². The van der Waals surface area contributed by atoms with Crippen LogP contribution in [0.5, 0.6) is 0 Å². The molecule has 0 aliphatic carbocycles. The number of carbonyl (C=O) groups excluding carboxylic acids is 1. The summed E-state index contributed by atoms with van der Waals surface area (Å²) in [6.07, 6.45) is 6.03. The van der Waals surface area contributed by atoms with E-state index in [0.717, 1.165) is 19.4 Å². The summed E-state index contributed by atoms with van der Waals surface area (Å²) in [5.74, 6) is -0.148. The third kappa shape index (κ3) is 4.01. The van der Waals surface area contributed by atoms with E-state index in [9.17, 15) is 4.79 Å². The van der Waals surface area contributed by atoms with Gasteiger partial charge in [-0.05, 0) is 12.8 Å². The fourth-order valence-electron chi connectivity index (χ4n) is 1.63. The number of ether oxygens (including phenoxy) is 1. The molecule has 86 valence electrons. The summed E-state index contributed by atoms with van der Waals surface area (Å²) in [5, 5.41) is 0. The highest BCUT2D eigenvalue weighted by molar-refractivity contribution is 5.71. The average Bonchev–Trinajstić information content (AvgIpc) is 2.27. The van der Waals surface area contributed by atoms with Crippen molar-refractivity contribution in [1.29, 1.82) is 0 Å². The predicted octanol–water partition coefficient (Wildman–Crippen LogP) is 0.529. The van der Waals surface area contributed by atoms with Crippen molar-refractivity contribution in [3.05, 3.63) is 12.2 Å². The van der Waals surface area contributed by atoms with E-state index in [1.54, 1.807) is 0 Å². The Bertz CT molecular complexity index is 229. The molecule has 1 atom stereocenters. The summed E-state index contributed by atoms with van der Waals surface area (Å²) >= 11 is 0. The molecule has 1 heterocycles. The standard InChI is InChI=1S/C11H20N2O2/c1-2-7-15-11(14)9-13-6-4-3-5-10(13)8-12/h3,5,10H,2,4,6-9,12H2,1H3. The number of nitrogens with zero attached hydrogens (tertiary/aromatic N) is 1. The number of esters is 1. The molecule has 0 spiro atoms. The second-order valence-corrected chi connectivity index (χ2v) is 3.71. The molecule has 0 aromatic rings. The summed E-state index contributed by atoms with van der Waals surface area (Å²) in [4.78, 5) is 13.5. The monoisotopic (exact) mass is 212 g/mol. The Balaban J connectivity index is 2.35. The summed E-state index contributed by atoms with van der Waals surface area (Å²) < 4.78 is 5.04. The SMILES string of the molecule is CCCOC(=O)CN1CCC=CC1CN. The summed E-state index contributed by atoms with van der Waals surface area (Å²) in [6.45, 7) is 4.29. The number of carbonyl (C=O) groups is 1. The first-order valence-electron chi connectivity index (χ1n) is 5.54. The molecule has 0 aromatic heterocycles. The Morgan fingerprint density at radius 3 is 3.13 bits per heavy atom. The van der Waals surface area contributed by atoms with Crippen LogP contribution in [-0.2, 0) is 9.53 Å². The van der Waals surface area contributed by atoms with E-state index in [-0.39, 0.29) is 12.0 Å². The lowest BCUT2D eigenvalue weighted by molar-refractivity contribution is -0.145. The molecule has 4 nitrogen and oxygen atoms in total. The third-order valence-corrected chi connectivity index (χ3v) is 2.45. The maximum absolute atomic E-state index is 11.4. The molecule has 0 bridgehead atoms. The van der Waals surface area contributed by atoms with Crippen molar-refractivity contribution in [3.8, 4) is 0 Å². The highest BCUT2D eigenvalue weighted by Crippen LogP contribution is 2.08. The minimum atomic E-state index is -0.148. The Morgan fingerprint density at radius 1 is 1.67 bits per heavy atom. The normalized spacial score (nSPS) is 21.6. The lowest BCUT2D eigenvalue weighted by atomic mass is 10.1. The fourth-order valence-corrected chi connectivity index (χ4v) is 1.63. The summed E-state index contributed by atoms with van der Waals surface area (Å²) in [7, 11) is 0. The smallest absolute Gasteiger partial charge is 0.320 e. The lowest BCUT2D eigenvalue weighted by Gasteiger charge is -2.30. The molecule has 2 N–H and O–H groups in total. The van der Waals surface area contributed by atoms with E-state index in [4.69, 9.17) is 10.5 Å². The molecule has 0 aromatic carbocycles. The highest BCUT2D eigenvalue weighted by Gasteiger charge is 2.20. The minimum Gasteiger partial charge on any atom is -0.465 e. The van der Waals surface area contributed by atoms with Gasteiger partial charge in [-0.15, -0.1) is 0 Å². The Labute approximate surface area is 91.1 Å². The van der Waals surface area contributed by atoms with E-state index in [1.807, 2.05) is 6.92 Å². The van der Waals surface area contributed by atoms with Gasteiger partial charge in [-0.1, -0.05) is 19.1 Å². The maximum Gasteiger partial charge on any atom is 0.320 e. The maximum atomic E-state index is 11.4. The Hall–Kier alpha value is -0.870. The minimum absolute atomic E-state index is 0.148. The van der Waals surface area contributed by atoms with Gasteiger partial charge in [0.05, 0.1) is 13.2 Å². The second-order valence-electron chi connectivity index (χ2n) is 3.71. The summed E-state index contributed by atoms with van der Waals surface area (Å²) in [5.41, 5.74) is 5.62. The second kappa shape index (κ2) is 6.58. The molecule has 1 aliphatic heterocycles. The first kappa shape index (κ1) is 12.2. The zero-order valence-corrected chi connectivity index (χ0v) is 9.32. The molecular formula is C11H20N2O2. The van der Waals surface area contributed by atoms with Gasteiger partial charge >= 0.3 is 5.97 Å². The topological polar surface area (TPSA) is 55.6 Å². The van der Waals surface area contributed by atoms with Gasteiger partial charge in [0.25, 0.3) is 0 Å². The molecule has 0 radical (unpaired) electrons. The zero-order valence-electron chi connectivity index (χ0n) is 9.32. The first-order chi connectivity index (χ1) is 7.27. The van der Waals surface area contributed by atoms with Crippen molar-refractivity contribution in [3.63, 3.8) is 0 Å². The molecule has 1 rings (SSSR count). The number of rotatable bonds is 5. The Morgan fingerprint density at radius 2 is 2.47 bits per heavy atom. The largest absolute Gasteiger partial charge is 0.465 e. The van der Waals surface area contributed by atoms with E-state index in [2.05, 4.69) is 17.1 Å². The third-order valence-electron chi connectivity index (χ3n) is 2.45. The van der Waals surface area contributed by atoms with Gasteiger partial charge in [0.2, 0.25) is 0 Å². The van der Waals surface area contributed by atoms with Crippen LogP contribution < -0.4 is 5.73 Å².